The Labute approximate surface area is 112 Å². The molecule has 4 heteroatoms. The molecule has 0 saturated heterocycles. The van der Waals surface area contributed by atoms with Gasteiger partial charge in [-0.1, -0.05) is 6.07 Å². The first-order chi connectivity index (χ1) is 9.19. The van der Waals surface area contributed by atoms with Crippen LogP contribution in [0.4, 0.5) is 11.4 Å². The minimum Gasteiger partial charge on any atom is -0.494 e. The van der Waals surface area contributed by atoms with Crippen molar-refractivity contribution < 1.29 is 9.53 Å². The monoisotopic (exact) mass is 256 g/mol. The Morgan fingerprint density at radius 2 is 1.95 bits per heavy atom. The van der Waals surface area contributed by atoms with Gasteiger partial charge in [-0.2, -0.15) is 0 Å². The van der Waals surface area contributed by atoms with E-state index in [9.17, 15) is 4.79 Å². The molecular formula is C15H16N2O2. The Kier molecular flexibility index (Phi) is 4.03. The molecule has 0 spiro atoms. The van der Waals surface area contributed by atoms with Crippen LogP contribution >= 0.6 is 0 Å². The maximum atomic E-state index is 12.0. The van der Waals surface area contributed by atoms with Crippen molar-refractivity contribution in [1.29, 1.82) is 0 Å². The van der Waals surface area contributed by atoms with Gasteiger partial charge in [0.1, 0.15) is 5.75 Å². The standard InChI is InChI=1S/C15H16N2O2/c1-2-19-14-5-3-4-13(10-14)17-15(18)11-6-8-12(16)9-7-11/h3-10H,2,16H2,1H3,(H,17,18). The Morgan fingerprint density at radius 1 is 1.21 bits per heavy atom. The van der Waals surface area contributed by atoms with E-state index in [1.165, 1.54) is 0 Å². The first-order valence-corrected chi connectivity index (χ1v) is 6.09. The summed E-state index contributed by atoms with van der Waals surface area (Å²) in [5.74, 6) is 0.561. The molecule has 0 fully saturated rings. The summed E-state index contributed by atoms with van der Waals surface area (Å²) in [7, 11) is 0. The van der Waals surface area contributed by atoms with Gasteiger partial charge in [-0.3, -0.25) is 4.79 Å². The lowest BCUT2D eigenvalue weighted by molar-refractivity contribution is 0.102. The summed E-state index contributed by atoms with van der Waals surface area (Å²) >= 11 is 0. The minimum atomic E-state index is -0.173. The number of anilines is 2. The second-order valence-corrected chi connectivity index (χ2v) is 4.04. The zero-order valence-electron chi connectivity index (χ0n) is 10.7. The van der Waals surface area contributed by atoms with Gasteiger partial charge in [-0.05, 0) is 43.3 Å². The van der Waals surface area contributed by atoms with Gasteiger partial charge in [0.25, 0.3) is 5.91 Å². The average Bonchev–Trinajstić information content (AvgIpc) is 2.40. The predicted molar refractivity (Wildman–Crippen MR) is 76.4 cm³/mol. The molecule has 19 heavy (non-hydrogen) atoms. The van der Waals surface area contributed by atoms with Crippen molar-refractivity contribution in [3.05, 3.63) is 54.1 Å². The summed E-state index contributed by atoms with van der Waals surface area (Å²) in [5.41, 5.74) is 7.49. The van der Waals surface area contributed by atoms with Crippen LogP contribution in [0, 0.1) is 0 Å². The van der Waals surface area contributed by atoms with Crippen molar-refractivity contribution in [1.82, 2.24) is 0 Å². The second-order valence-electron chi connectivity index (χ2n) is 4.04. The first kappa shape index (κ1) is 13.0. The van der Waals surface area contributed by atoms with Crippen molar-refractivity contribution in [2.24, 2.45) is 0 Å². The van der Waals surface area contributed by atoms with E-state index in [0.717, 1.165) is 5.75 Å². The molecule has 0 aliphatic rings. The summed E-state index contributed by atoms with van der Waals surface area (Å²) < 4.78 is 5.38. The predicted octanol–water partition coefficient (Wildman–Crippen LogP) is 2.92. The first-order valence-electron chi connectivity index (χ1n) is 6.09. The molecule has 2 rings (SSSR count). The Morgan fingerprint density at radius 3 is 2.63 bits per heavy atom. The van der Waals surface area contributed by atoms with E-state index < -0.39 is 0 Å². The molecule has 2 aromatic carbocycles. The molecule has 0 atom stereocenters. The minimum absolute atomic E-state index is 0.173. The van der Waals surface area contributed by atoms with Crippen molar-refractivity contribution in [3.63, 3.8) is 0 Å². The number of hydrogen-bond donors (Lipinski definition) is 2. The lowest BCUT2D eigenvalue weighted by Gasteiger charge is -2.08. The second kappa shape index (κ2) is 5.91. The molecule has 0 aromatic heterocycles. The SMILES string of the molecule is CCOc1cccc(NC(=O)c2ccc(N)cc2)c1. The highest BCUT2D eigenvalue weighted by Crippen LogP contribution is 2.18. The van der Waals surface area contributed by atoms with Crippen LogP contribution in [0.2, 0.25) is 0 Å². The van der Waals surface area contributed by atoms with E-state index >= 15 is 0 Å². The van der Waals surface area contributed by atoms with Crippen LogP contribution in [0.15, 0.2) is 48.5 Å². The molecule has 3 N–H and O–H groups in total. The van der Waals surface area contributed by atoms with Gasteiger partial charge in [0.2, 0.25) is 0 Å². The maximum Gasteiger partial charge on any atom is 0.255 e. The van der Waals surface area contributed by atoms with Crippen LogP contribution in [0.1, 0.15) is 17.3 Å². The van der Waals surface area contributed by atoms with E-state index in [1.807, 2.05) is 25.1 Å². The van der Waals surface area contributed by atoms with Crippen molar-refractivity contribution in [3.8, 4) is 5.75 Å². The number of benzene rings is 2. The van der Waals surface area contributed by atoms with Gasteiger partial charge in [0.05, 0.1) is 6.61 Å². The van der Waals surface area contributed by atoms with Crippen LogP contribution in [-0.2, 0) is 0 Å². The highest BCUT2D eigenvalue weighted by Gasteiger charge is 2.06. The van der Waals surface area contributed by atoms with Crippen LogP contribution in [0.25, 0.3) is 0 Å². The zero-order valence-corrected chi connectivity index (χ0v) is 10.7. The third kappa shape index (κ3) is 3.48. The van der Waals surface area contributed by atoms with Gasteiger partial charge in [-0.15, -0.1) is 0 Å². The number of nitrogen functional groups attached to an aromatic ring is 1. The van der Waals surface area contributed by atoms with Crippen LogP contribution in [0.5, 0.6) is 5.75 Å². The third-order valence-electron chi connectivity index (χ3n) is 2.58. The quantitative estimate of drug-likeness (QED) is 0.827. The number of hydrogen-bond acceptors (Lipinski definition) is 3. The number of carbonyl (C=O) groups excluding carboxylic acids is 1. The van der Waals surface area contributed by atoms with E-state index in [2.05, 4.69) is 5.32 Å². The van der Waals surface area contributed by atoms with Gasteiger partial charge >= 0.3 is 0 Å². The highest BCUT2D eigenvalue weighted by molar-refractivity contribution is 6.04. The lowest BCUT2D eigenvalue weighted by atomic mass is 10.2. The summed E-state index contributed by atoms with van der Waals surface area (Å²) in [4.78, 5) is 12.0. The topological polar surface area (TPSA) is 64.3 Å². The van der Waals surface area contributed by atoms with Crippen molar-refractivity contribution >= 4 is 17.3 Å². The average molecular weight is 256 g/mol. The molecule has 0 heterocycles. The Bertz CT molecular complexity index is 565. The number of ether oxygens (including phenoxy) is 1. The number of amides is 1. The number of nitrogens with one attached hydrogen (secondary N) is 1. The molecule has 1 amide bonds. The molecule has 2 aromatic rings. The van der Waals surface area contributed by atoms with E-state index in [0.29, 0.717) is 23.5 Å². The molecule has 4 nitrogen and oxygen atoms in total. The van der Waals surface area contributed by atoms with E-state index in [4.69, 9.17) is 10.5 Å². The number of nitrogens with two attached hydrogens (primary N) is 1. The normalized spacial score (nSPS) is 9.95. The van der Waals surface area contributed by atoms with Crippen molar-refractivity contribution in [2.75, 3.05) is 17.7 Å². The van der Waals surface area contributed by atoms with E-state index in [1.54, 1.807) is 30.3 Å². The van der Waals surface area contributed by atoms with Crippen LogP contribution < -0.4 is 15.8 Å². The largest absolute Gasteiger partial charge is 0.494 e. The molecule has 98 valence electrons. The smallest absolute Gasteiger partial charge is 0.255 e. The summed E-state index contributed by atoms with van der Waals surface area (Å²) in [6.07, 6.45) is 0. The molecule has 0 radical (unpaired) electrons. The maximum absolute atomic E-state index is 12.0. The molecule has 0 aliphatic heterocycles. The molecular weight excluding hydrogens is 240 g/mol. The fourth-order valence-electron chi connectivity index (χ4n) is 1.67. The van der Waals surface area contributed by atoms with Crippen molar-refractivity contribution in [2.45, 2.75) is 6.92 Å². The van der Waals surface area contributed by atoms with Gasteiger partial charge in [0.15, 0.2) is 0 Å². The fourth-order valence-corrected chi connectivity index (χ4v) is 1.67. The fraction of sp³-hybridized carbons (Fsp3) is 0.133. The van der Waals surface area contributed by atoms with Crippen LogP contribution in [-0.4, -0.2) is 12.5 Å². The molecule has 0 bridgehead atoms. The van der Waals surface area contributed by atoms with Gasteiger partial charge in [0, 0.05) is 23.0 Å². The zero-order chi connectivity index (χ0) is 13.7. The molecule has 0 aliphatic carbocycles. The van der Waals surface area contributed by atoms with Crippen LogP contribution in [0.3, 0.4) is 0 Å². The number of rotatable bonds is 4. The lowest BCUT2D eigenvalue weighted by Crippen LogP contribution is -2.11. The Hall–Kier alpha value is -2.49. The summed E-state index contributed by atoms with van der Waals surface area (Å²) in [6.45, 7) is 2.51. The van der Waals surface area contributed by atoms with E-state index in [-0.39, 0.29) is 5.91 Å². The van der Waals surface area contributed by atoms with Gasteiger partial charge in [-0.25, -0.2) is 0 Å². The third-order valence-corrected chi connectivity index (χ3v) is 2.58. The summed E-state index contributed by atoms with van der Waals surface area (Å²) in [6, 6.07) is 14.1. The summed E-state index contributed by atoms with van der Waals surface area (Å²) in [5, 5.41) is 2.82. The molecule has 0 unspecified atom stereocenters. The number of carbonyl (C=O) groups is 1. The molecule has 0 saturated carbocycles. The Balaban J connectivity index is 2.10. The van der Waals surface area contributed by atoms with Gasteiger partial charge < -0.3 is 15.8 Å². The highest BCUT2D eigenvalue weighted by atomic mass is 16.5.